The molecule has 1 N–H and O–H groups in total. The number of nitrogens with zero attached hydrogens (tertiary/aromatic N) is 6. The Morgan fingerprint density at radius 2 is 1.85 bits per heavy atom. The number of para-hydroxylation sites is 1. The maximum absolute atomic E-state index is 12.4. The Balaban J connectivity index is 1.19. The highest BCUT2D eigenvalue weighted by molar-refractivity contribution is 7.71. The van der Waals surface area contributed by atoms with E-state index in [9.17, 15) is 4.79 Å². The topological polar surface area (TPSA) is 71.2 Å². The van der Waals surface area contributed by atoms with Gasteiger partial charge in [-0.25, -0.2) is 4.68 Å². The molecular weight excluding hydrogens is 458 g/mol. The fourth-order valence-corrected chi connectivity index (χ4v) is 4.62. The highest BCUT2D eigenvalue weighted by Crippen LogP contribution is 2.38. The molecule has 2 fully saturated rings. The van der Waals surface area contributed by atoms with Crippen molar-refractivity contribution in [3.05, 3.63) is 58.6 Å². The zero-order valence-corrected chi connectivity index (χ0v) is 19.8. The van der Waals surface area contributed by atoms with Gasteiger partial charge in [-0.1, -0.05) is 23.7 Å². The van der Waals surface area contributed by atoms with E-state index in [1.807, 2.05) is 41.2 Å². The summed E-state index contributed by atoms with van der Waals surface area (Å²) in [6, 6.07) is 11.7. The number of carbonyl (C=O) groups is 1. The van der Waals surface area contributed by atoms with Crippen LogP contribution in [0.2, 0.25) is 5.02 Å². The number of piperazine rings is 1. The third-order valence-corrected chi connectivity index (χ3v) is 6.75. The lowest BCUT2D eigenvalue weighted by atomic mass is 10.3. The van der Waals surface area contributed by atoms with E-state index in [0.717, 1.165) is 55.2 Å². The fourth-order valence-electron chi connectivity index (χ4n) is 4.10. The second-order valence-electron chi connectivity index (χ2n) is 8.51. The number of carbonyl (C=O) groups excluding carboxylic acids is 1. The average molecular weight is 484 g/mol. The normalized spacial score (nSPS) is 17.2. The van der Waals surface area contributed by atoms with Crippen LogP contribution in [0.5, 0.6) is 0 Å². The third kappa shape index (κ3) is 5.16. The monoisotopic (exact) mass is 483 g/mol. The summed E-state index contributed by atoms with van der Waals surface area (Å²) >= 11 is 11.9. The Labute approximate surface area is 202 Å². The molecule has 0 bridgehead atoms. The minimum Gasteiger partial charge on any atom is -0.324 e. The van der Waals surface area contributed by atoms with Crippen LogP contribution < -0.4 is 5.32 Å². The summed E-state index contributed by atoms with van der Waals surface area (Å²) in [7, 11) is 0. The lowest BCUT2D eigenvalue weighted by Gasteiger charge is -2.33. The standard InChI is InChI=1S/C23H26ClN7OS/c24-19-5-1-2-6-20(19)26-21(32)15-28-10-12-29(13-11-28)16-30-23(33)31(18-7-8-18)22(27-30)17-4-3-9-25-14-17/h1-6,9,14,18H,7-8,10-13,15-16H2,(H,26,32). The molecule has 1 aliphatic carbocycles. The van der Waals surface area contributed by atoms with Crippen LogP contribution in [0.4, 0.5) is 5.69 Å². The van der Waals surface area contributed by atoms with Gasteiger partial charge in [0, 0.05) is 50.2 Å². The first-order chi connectivity index (χ1) is 16.1. The van der Waals surface area contributed by atoms with Gasteiger partial charge in [-0.2, -0.15) is 5.10 Å². The molecule has 3 heterocycles. The van der Waals surface area contributed by atoms with Crippen molar-refractivity contribution >= 4 is 35.4 Å². The number of hydrogen-bond donors (Lipinski definition) is 1. The molecule has 0 radical (unpaired) electrons. The third-order valence-electron chi connectivity index (χ3n) is 6.02. The molecule has 2 aromatic heterocycles. The van der Waals surface area contributed by atoms with Gasteiger partial charge in [-0.05, 0) is 49.3 Å². The molecule has 5 rings (SSSR count). The van der Waals surface area contributed by atoms with Gasteiger partial charge in [0.15, 0.2) is 10.6 Å². The second-order valence-corrected chi connectivity index (χ2v) is 9.28. The molecule has 33 heavy (non-hydrogen) atoms. The van der Waals surface area contributed by atoms with E-state index in [1.54, 1.807) is 12.3 Å². The highest BCUT2D eigenvalue weighted by Gasteiger charge is 2.29. The van der Waals surface area contributed by atoms with Gasteiger partial charge in [0.2, 0.25) is 5.91 Å². The van der Waals surface area contributed by atoms with Gasteiger partial charge >= 0.3 is 0 Å². The van der Waals surface area contributed by atoms with Crippen LogP contribution in [-0.2, 0) is 11.5 Å². The Bertz CT molecular complexity index is 1180. The van der Waals surface area contributed by atoms with Crippen LogP contribution in [0.3, 0.4) is 0 Å². The lowest BCUT2D eigenvalue weighted by molar-refractivity contribution is -0.117. The van der Waals surface area contributed by atoms with E-state index in [0.29, 0.717) is 30.0 Å². The number of benzene rings is 1. The zero-order chi connectivity index (χ0) is 22.8. The Hall–Kier alpha value is -2.59. The van der Waals surface area contributed by atoms with E-state index >= 15 is 0 Å². The molecule has 172 valence electrons. The summed E-state index contributed by atoms with van der Waals surface area (Å²) in [6.07, 6.45) is 5.89. The quantitative estimate of drug-likeness (QED) is 0.517. The van der Waals surface area contributed by atoms with Crippen molar-refractivity contribution in [2.75, 3.05) is 38.0 Å². The molecule has 0 unspecified atom stereocenters. The van der Waals surface area contributed by atoms with Gasteiger partial charge in [0.1, 0.15) is 0 Å². The maximum Gasteiger partial charge on any atom is 0.238 e. The summed E-state index contributed by atoms with van der Waals surface area (Å²) in [4.78, 5) is 21.2. The van der Waals surface area contributed by atoms with Crippen molar-refractivity contribution in [1.82, 2.24) is 29.1 Å². The Morgan fingerprint density at radius 3 is 2.55 bits per heavy atom. The highest BCUT2D eigenvalue weighted by atomic mass is 35.5. The number of aromatic nitrogens is 4. The van der Waals surface area contributed by atoms with E-state index in [1.165, 1.54) is 0 Å². The van der Waals surface area contributed by atoms with Gasteiger partial charge in [-0.15, -0.1) is 0 Å². The van der Waals surface area contributed by atoms with Crippen LogP contribution in [0.25, 0.3) is 11.4 Å². The average Bonchev–Trinajstić information content (AvgIpc) is 3.61. The van der Waals surface area contributed by atoms with Crippen LogP contribution >= 0.6 is 23.8 Å². The maximum atomic E-state index is 12.4. The van der Waals surface area contributed by atoms with E-state index in [4.69, 9.17) is 28.9 Å². The Morgan fingerprint density at radius 1 is 1.09 bits per heavy atom. The molecule has 1 aliphatic heterocycles. The predicted molar refractivity (Wildman–Crippen MR) is 131 cm³/mol. The van der Waals surface area contributed by atoms with Crippen molar-refractivity contribution in [2.24, 2.45) is 0 Å². The molecule has 1 saturated heterocycles. The summed E-state index contributed by atoms with van der Waals surface area (Å²) in [5, 5.41) is 8.30. The predicted octanol–water partition coefficient (Wildman–Crippen LogP) is 3.68. The number of rotatable bonds is 7. The van der Waals surface area contributed by atoms with E-state index in [2.05, 4.69) is 24.7 Å². The fraction of sp³-hybridized carbons (Fsp3) is 0.391. The van der Waals surface area contributed by atoms with Crippen molar-refractivity contribution in [1.29, 1.82) is 0 Å². The number of amides is 1. The summed E-state index contributed by atoms with van der Waals surface area (Å²) in [5.74, 6) is 0.841. The lowest BCUT2D eigenvalue weighted by Crippen LogP contribution is -2.49. The molecule has 0 atom stereocenters. The first-order valence-electron chi connectivity index (χ1n) is 11.2. The molecular formula is C23H26ClN7OS. The number of anilines is 1. The summed E-state index contributed by atoms with van der Waals surface area (Å²) in [6.45, 7) is 4.30. The number of nitrogens with one attached hydrogen (secondary N) is 1. The minimum atomic E-state index is -0.0527. The Kier molecular flexibility index (Phi) is 6.55. The second kappa shape index (κ2) is 9.72. The van der Waals surface area contributed by atoms with Crippen molar-refractivity contribution in [3.63, 3.8) is 0 Å². The number of halogens is 1. The first kappa shape index (κ1) is 22.2. The van der Waals surface area contributed by atoms with Crippen molar-refractivity contribution in [2.45, 2.75) is 25.6 Å². The van der Waals surface area contributed by atoms with Crippen molar-refractivity contribution in [3.8, 4) is 11.4 Å². The molecule has 1 aromatic carbocycles. The van der Waals surface area contributed by atoms with Gasteiger partial charge in [0.05, 0.1) is 23.9 Å². The molecule has 8 nitrogen and oxygen atoms in total. The minimum absolute atomic E-state index is 0.0527. The molecule has 2 aliphatic rings. The smallest absolute Gasteiger partial charge is 0.238 e. The molecule has 3 aromatic rings. The number of pyridine rings is 1. The molecule has 1 saturated carbocycles. The van der Waals surface area contributed by atoms with Crippen LogP contribution in [-0.4, -0.2) is 67.8 Å². The van der Waals surface area contributed by atoms with Gasteiger partial charge < -0.3 is 5.32 Å². The van der Waals surface area contributed by atoms with E-state index in [-0.39, 0.29) is 5.91 Å². The molecule has 1 amide bonds. The SMILES string of the molecule is O=C(CN1CCN(Cn2nc(-c3cccnc3)n(C3CC3)c2=S)CC1)Nc1ccccc1Cl. The van der Waals surface area contributed by atoms with Crippen LogP contribution in [0, 0.1) is 4.77 Å². The van der Waals surface area contributed by atoms with Crippen LogP contribution in [0.1, 0.15) is 18.9 Å². The summed E-state index contributed by atoms with van der Waals surface area (Å²) in [5.41, 5.74) is 1.64. The van der Waals surface area contributed by atoms with Crippen LogP contribution in [0.15, 0.2) is 48.8 Å². The molecule has 0 spiro atoms. The van der Waals surface area contributed by atoms with Gasteiger partial charge in [0.25, 0.3) is 0 Å². The van der Waals surface area contributed by atoms with E-state index < -0.39 is 0 Å². The molecule has 10 heteroatoms. The largest absolute Gasteiger partial charge is 0.324 e. The van der Waals surface area contributed by atoms with Crippen molar-refractivity contribution < 1.29 is 4.79 Å². The number of hydrogen-bond acceptors (Lipinski definition) is 6. The first-order valence-corrected chi connectivity index (χ1v) is 12.0. The summed E-state index contributed by atoms with van der Waals surface area (Å²) < 4.78 is 4.87. The zero-order valence-electron chi connectivity index (χ0n) is 18.2. The van der Waals surface area contributed by atoms with Gasteiger partial charge in [-0.3, -0.25) is 24.1 Å².